The van der Waals surface area contributed by atoms with Crippen LogP contribution in [0.1, 0.15) is 21.7 Å². The van der Waals surface area contributed by atoms with Crippen LogP contribution in [0.5, 0.6) is 5.88 Å². The maximum Gasteiger partial charge on any atom is 0.252 e. The van der Waals surface area contributed by atoms with Gasteiger partial charge in [0, 0.05) is 24.9 Å². The van der Waals surface area contributed by atoms with Crippen molar-refractivity contribution >= 4 is 5.91 Å². The Morgan fingerprint density at radius 1 is 1.21 bits per heavy atom. The van der Waals surface area contributed by atoms with Crippen LogP contribution in [0.2, 0.25) is 0 Å². The first-order valence-electron chi connectivity index (χ1n) is 7.50. The Morgan fingerprint density at radius 2 is 2.00 bits per heavy atom. The Balaban J connectivity index is 1.76. The fourth-order valence-electron chi connectivity index (χ4n) is 2.27. The third-order valence-electron chi connectivity index (χ3n) is 3.62. The average Bonchev–Trinajstić information content (AvgIpc) is 3.01. The zero-order valence-corrected chi connectivity index (χ0v) is 13.4. The van der Waals surface area contributed by atoms with Crippen molar-refractivity contribution in [2.75, 3.05) is 7.05 Å². The number of nitrogens with one attached hydrogen (secondary N) is 1. The second-order valence-electron chi connectivity index (χ2n) is 5.18. The quantitative estimate of drug-likeness (QED) is 0.781. The van der Waals surface area contributed by atoms with E-state index in [1.54, 1.807) is 19.2 Å². The van der Waals surface area contributed by atoms with Crippen LogP contribution in [0, 0.1) is 6.92 Å². The van der Waals surface area contributed by atoms with Gasteiger partial charge in [0.15, 0.2) is 0 Å². The molecule has 1 aromatic carbocycles. The Labute approximate surface area is 139 Å². The van der Waals surface area contributed by atoms with E-state index in [0.29, 0.717) is 17.2 Å². The first-order chi connectivity index (χ1) is 11.7. The van der Waals surface area contributed by atoms with E-state index < -0.39 is 0 Å². The lowest BCUT2D eigenvalue weighted by Crippen LogP contribution is -2.17. The van der Waals surface area contributed by atoms with Gasteiger partial charge in [-0.3, -0.25) is 4.79 Å². The molecule has 122 valence electrons. The van der Waals surface area contributed by atoms with Crippen LogP contribution in [0.25, 0.3) is 11.3 Å². The summed E-state index contributed by atoms with van der Waals surface area (Å²) in [5.41, 5.74) is 3.08. The van der Waals surface area contributed by atoms with E-state index in [0.717, 1.165) is 16.8 Å². The maximum atomic E-state index is 11.5. The Kier molecular flexibility index (Phi) is 4.56. The van der Waals surface area contributed by atoms with Crippen molar-refractivity contribution in [3.05, 3.63) is 65.5 Å². The minimum absolute atomic E-state index is 0.185. The number of hydrogen-bond acceptors (Lipinski definition) is 5. The van der Waals surface area contributed by atoms with Crippen LogP contribution in [0.15, 0.2) is 53.2 Å². The van der Waals surface area contributed by atoms with Crippen LogP contribution in [-0.4, -0.2) is 23.1 Å². The summed E-state index contributed by atoms with van der Waals surface area (Å²) in [6.07, 6.45) is 1.48. The predicted molar refractivity (Wildman–Crippen MR) is 88.6 cm³/mol. The van der Waals surface area contributed by atoms with E-state index in [1.165, 1.54) is 6.20 Å². The van der Waals surface area contributed by atoms with Crippen LogP contribution < -0.4 is 10.1 Å². The summed E-state index contributed by atoms with van der Waals surface area (Å²) in [5, 5.41) is 6.67. The normalized spacial score (nSPS) is 10.4. The summed E-state index contributed by atoms with van der Waals surface area (Å²) in [4.78, 5) is 15.6. The molecule has 0 bridgehead atoms. The molecule has 0 aliphatic rings. The summed E-state index contributed by atoms with van der Waals surface area (Å²) in [7, 11) is 1.58. The molecule has 1 N–H and O–H groups in total. The van der Waals surface area contributed by atoms with E-state index in [1.807, 2.05) is 37.3 Å². The van der Waals surface area contributed by atoms with Crippen LogP contribution in [0.3, 0.4) is 0 Å². The summed E-state index contributed by atoms with van der Waals surface area (Å²) >= 11 is 0. The number of benzene rings is 1. The van der Waals surface area contributed by atoms with Gasteiger partial charge in [-0.05, 0) is 13.0 Å². The zero-order valence-electron chi connectivity index (χ0n) is 13.4. The van der Waals surface area contributed by atoms with Crippen molar-refractivity contribution in [2.45, 2.75) is 13.5 Å². The maximum absolute atomic E-state index is 11.5. The fourth-order valence-corrected chi connectivity index (χ4v) is 2.27. The van der Waals surface area contributed by atoms with Gasteiger partial charge in [0.2, 0.25) is 5.88 Å². The molecule has 1 amide bonds. The number of pyridine rings is 1. The molecule has 0 atom stereocenters. The lowest BCUT2D eigenvalue weighted by molar-refractivity contribution is 0.0962. The highest BCUT2D eigenvalue weighted by Crippen LogP contribution is 2.26. The molecule has 0 radical (unpaired) electrons. The second-order valence-corrected chi connectivity index (χ2v) is 5.18. The monoisotopic (exact) mass is 323 g/mol. The number of aromatic nitrogens is 2. The van der Waals surface area contributed by atoms with Crippen molar-refractivity contribution < 1.29 is 14.1 Å². The van der Waals surface area contributed by atoms with E-state index >= 15 is 0 Å². The van der Waals surface area contributed by atoms with Crippen molar-refractivity contribution in [3.63, 3.8) is 0 Å². The van der Waals surface area contributed by atoms with E-state index in [9.17, 15) is 4.79 Å². The molecule has 0 aliphatic heterocycles. The molecule has 6 nitrogen and oxygen atoms in total. The van der Waals surface area contributed by atoms with E-state index in [-0.39, 0.29) is 12.5 Å². The standard InChI is InChI=1S/C18H17N3O3/c1-12-15(17(21-24-12)13-6-4-3-5-7-13)11-23-16-9-8-14(10-20-16)18(22)19-2/h3-10H,11H2,1-2H3,(H,19,22). The number of rotatable bonds is 5. The number of carbonyl (C=O) groups is 1. The molecule has 0 aliphatic carbocycles. The summed E-state index contributed by atoms with van der Waals surface area (Å²) in [6, 6.07) is 13.1. The molecule has 0 saturated carbocycles. The minimum atomic E-state index is -0.185. The number of carbonyl (C=O) groups excluding carboxylic acids is 1. The van der Waals surface area contributed by atoms with Gasteiger partial charge in [0.1, 0.15) is 18.1 Å². The van der Waals surface area contributed by atoms with Gasteiger partial charge in [-0.15, -0.1) is 0 Å². The van der Waals surface area contributed by atoms with Crippen molar-refractivity contribution in [2.24, 2.45) is 0 Å². The highest BCUT2D eigenvalue weighted by atomic mass is 16.5. The summed E-state index contributed by atoms with van der Waals surface area (Å²) < 4.78 is 11.0. The number of amides is 1. The summed E-state index contributed by atoms with van der Waals surface area (Å²) in [6.45, 7) is 2.13. The number of aryl methyl sites for hydroxylation is 1. The minimum Gasteiger partial charge on any atom is -0.473 e. The van der Waals surface area contributed by atoms with Gasteiger partial charge in [-0.2, -0.15) is 0 Å². The molecule has 0 spiro atoms. The largest absolute Gasteiger partial charge is 0.473 e. The topological polar surface area (TPSA) is 77.2 Å². The molecule has 3 aromatic rings. The summed E-state index contributed by atoms with van der Waals surface area (Å²) in [5.74, 6) is 0.952. The average molecular weight is 323 g/mol. The van der Waals surface area contributed by atoms with Gasteiger partial charge in [0.05, 0.1) is 11.1 Å². The van der Waals surface area contributed by atoms with Crippen LogP contribution in [0.4, 0.5) is 0 Å². The Hall–Kier alpha value is -3.15. The molecular formula is C18H17N3O3. The van der Waals surface area contributed by atoms with Gasteiger partial charge in [-0.25, -0.2) is 4.98 Å². The number of nitrogens with zero attached hydrogens (tertiary/aromatic N) is 2. The van der Waals surface area contributed by atoms with Crippen LogP contribution in [-0.2, 0) is 6.61 Å². The van der Waals surface area contributed by atoms with Crippen molar-refractivity contribution in [3.8, 4) is 17.1 Å². The molecule has 24 heavy (non-hydrogen) atoms. The molecule has 0 unspecified atom stereocenters. The predicted octanol–water partition coefficient (Wildman–Crippen LogP) is 2.98. The number of ether oxygens (including phenoxy) is 1. The molecule has 3 rings (SSSR count). The number of hydrogen-bond donors (Lipinski definition) is 1. The molecular weight excluding hydrogens is 306 g/mol. The lowest BCUT2D eigenvalue weighted by atomic mass is 10.1. The Bertz CT molecular complexity index is 826. The third kappa shape index (κ3) is 3.27. The first-order valence-corrected chi connectivity index (χ1v) is 7.50. The van der Waals surface area contributed by atoms with Gasteiger partial charge >= 0.3 is 0 Å². The first kappa shape index (κ1) is 15.7. The molecule has 2 heterocycles. The van der Waals surface area contributed by atoms with Crippen molar-refractivity contribution in [1.82, 2.24) is 15.5 Å². The molecule has 6 heteroatoms. The van der Waals surface area contributed by atoms with Crippen LogP contribution >= 0.6 is 0 Å². The highest BCUT2D eigenvalue weighted by Gasteiger charge is 2.15. The highest BCUT2D eigenvalue weighted by molar-refractivity contribution is 5.93. The van der Waals surface area contributed by atoms with Gasteiger partial charge in [0.25, 0.3) is 5.91 Å². The third-order valence-corrected chi connectivity index (χ3v) is 3.62. The molecule has 0 fully saturated rings. The second kappa shape index (κ2) is 6.95. The zero-order chi connectivity index (χ0) is 16.9. The van der Waals surface area contributed by atoms with E-state index in [2.05, 4.69) is 15.5 Å². The SMILES string of the molecule is CNC(=O)c1ccc(OCc2c(-c3ccccc3)noc2C)nc1. The molecule has 2 aromatic heterocycles. The fraction of sp³-hybridized carbons (Fsp3) is 0.167. The Morgan fingerprint density at radius 3 is 2.67 bits per heavy atom. The molecule has 0 saturated heterocycles. The van der Waals surface area contributed by atoms with Crippen molar-refractivity contribution in [1.29, 1.82) is 0 Å². The van der Waals surface area contributed by atoms with Gasteiger partial charge < -0.3 is 14.6 Å². The lowest BCUT2D eigenvalue weighted by Gasteiger charge is -2.06. The smallest absolute Gasteiger partial charge is 0.252 e. The van der Waals surface area contributed by atoms with Gasteiger partial charge in [-0.1, -0.05) is 35.5 Å². The van der Waals surface area contributed by atoms with E-state index in [4.69, 9.17) is 9.26 Å².